The Balaban J connectivity index is 0.00000533. The van der Waals surface area contributed by atoms with Crippen LogP contribution in [0.2, 0.25) is 0 Å². The maximum atomic E-state index is 6.84. The van der Waals surface area contributed by atoms with Crippen molar-refractivity contribution in [1.29, 1.82) is 0 Å². The van der Waals surface area contributed by atoms with Crippen LogP contribution in [0.3, 0.4) is 0 Å². The molecule has 0 unspecified atom stereocenters. The van der Waals surface area contributed by atoms with E-state index in [1.807, 2.05) is 18.3 Å². The van der Waals surface area contributed by atoms with Crippen LogP contribution in [-0.4, -0.2) is 9.55 Å². The zero-order valence-electron chi connectivity index (χ0n) is 42.3. The molecule has 4 fully saturated rings. The predicted molar refractivity (Wildman–Crippen MR) is 286 cm³/mol. The number of nitrogens with zero attached hydrogens (tertiary/aromatic N) is 4. The summed E-state index contributed by atoms with van der Waals surface area (Å²) in [5.74, 6) is 4.65. The summed E-state index contributed by atoms with van der Waals surface area (Å²) in [5.41, 5.74) is 14.7. The van der Waals surface area contributed by atoms with Gasteiger partial charge >= 0.3 is 0 Å². The average molecular weight is 1100 g/mol. The molecule has 0 amide bonds. The van der Waals surface area contributed by atoms with E-state index in [1.165, 1.54) is 89.0 Å². The number of ether oxygens (including phenoxy) is 1. The topological polar surface area (TPSA) is 33.5 Å². The Morgan fingerprint density at radius 2 is 1.24 bits per heavy atom. The molecule has 5 aliphatic rings. The Kier molecular flexibility index (Phi) is 11.4. The summed E-state index contributed by atoms with van der Waals surface area (Å²) < 4.78 is 9.08. The SMILES string of the molecule is CC(C)(C)c1cc(N2[CH-]N(c3[c-]c(Oc4[c-]c5c(cc4)c4cc(-c6ccccc6)ccc4n5-c4cc(C(C)(C)C)ccn4)ccc3)c3cccc(C45CC6CC(CC(C6)C4)C5)c32)cc(C(C)(C)C)c1.[Pt]. The van der Waals surface area contributed by atoms with Crippen molar-refractivity contribution in [1.82, 2.24) is 9.55 Å². The second-order valence-corrected chi connectivity index (χ2v) is 24.2. The molecule has 4 aliphatic carbocycles. The first-order valence-electron chi connectivity index (χ1n) is 25.4. The quantitative estimate of drug-likeness (QED) is 0.149. The van der Waals surface area contributed by atoms with Gasteiger partial charge in [-0.2, -0.15) is 12.1 Å². The van der Waals surface area contributed by atoms with Crippen molar-refractivity contribution in [2.45, 2.75) is 122 Å². The Labute approximate surface area is 430 Å². The van der Waals surface area contributed by atoms with Crippen LogP contribution in [0.25, 0.3) is 38.8 Å². The van der Waals surface area contributed by atoms with Crippen LogP contribution < -0.4 is 14.5 Å². The number of rotatable bonds is 7. The summed E-state index contributed by atoms with van der Waals surface area (Å²) >= 11 is 0. The van der Waals surface area contributed by atoms with Gasteiger partial charge in [0, 0.05) is 61.3 Å². The van der Waals surface area contributed by atoms with Crippen LogP contribution in [0.1, 0.15) is 123 Å². The molecule has 1 aliphatic heterocycles. The van der Waals surface area contributed by atoms with Crippen LogP contribution in [0.15, 0.2) is 134 Å². The van der Waals surface area contributed by atoms with E-state index in [4.69, 9.17) is 9.72 Å². The normalized spacial score (nSPS) is 20.8. The first-order valence-corrected chi connectivity index (χ1v) is 25.4. The van der Waals surface area contributed by atoms with Crippen LogP contribution in [-0.2, 0) is 42.7 Å². The van der Waals surface area contributed by atoms with Crippen molar-refractivity contribution in [3.63, 3.8) is 0 Å². The van der Waals surface area contributed by atoms with E-state index in [2.05, 4.69) is 211 Å². The van der Waals surface area contributed by atoms with Gasteiger partial charge in [0.1, 0.15) is 5.82 Å². The number of para-hydroxylation sites is 1. The third kappa shape index (κ3) is 8.19. The summed E-state index contributed by atoms with van der Waals surface area (Å²) in [5, 5.41) is 2.24. The molecule has 70 heavy (non-hydrogen) atoms. The van der Waals surface area contributed by atoms with Gasteiger partial charge in [-0.1, -0.05) is 128 Å². The average Bonchev–Trinajstić information content (AvgIpc) is 3.86. The molecule has 6 heteroatoms. The number of hydrogen-bond donors (Lipinski definition) is 0. The number of pyridine rings is 1. The molecule has 3 heterocycles. The zero-order chi connectivity index (χ0) is 47.6. The fourth-order valence-corrected chi connectivity index (χ4v) is 12.9. The van der Waals surface area contributed by atoms with E-state index in [9.17, 15) is 0 Å². The molecule has 13 rings (SSSR count). The summed E-state index contributed by atoms with van der Waals surface area (Å²) in [6.07, 6.45) is 10.1. The Hall–Kier alpha value is -5.64. The third-order valence-electron chi connectivity index (χ3n) is 16.1. The molecular formula is C64H65N4OPt-3. The number of aromatic nitrogens is 2. The van der Waals surface area contributed by atoms with Gasteiger partial charge in [0.15, 0.2) is 0 Å². The largest absolute Gasteiger partial charge is 0.509 e. The molecule has 0 saturated heterocycles. The Morgan fingerprint density at radius 3 is 1.91 bits per heavy atom. The molecule has 4 saturated carbocycles. The van der Waals surface area contributed by atoms with Gasteiger partial charge in [-0.15, -0.1) is 48.1 Å². The van der Waals surface area contributed by atoms with Gasteiger partial charge in [-0.25, -0.2) is 4.98 Å². The van der Waals surface area contributed by atoms with E-state index in [0.29, 0.717) is 11.5 Å². The van der Waals surface area contributed by atoms with E-state index in [1.54, 1.807) is 0 Å². The zero-order valence-corrected chi connectivity index (χ0v) is 44.5. The van der Waals surface area contributed by atoms with Crippen molar-refractivity contribution in [3.05, 3.63) is 175 Å². The van der Waals surface area contributed by atoms with Crippen molar-refractivity contribution in [2.24, 2.45) is 17.8 Å². The van der Waals surface area contributed by atoms with Gasteiger partial charge in [0.2, 0.25) is 0 Å². The van der Waals surface area contributed by atoms with Crippen molar-refractivity contribution in [3.8, 4) is 28.4 Å². The number of hydrogen-bond acceptors (Lipinski definition) is 4. The minimum atomic E-state index is -0.0394. The summed E-state index contributed by atoms with van der Waals surface area (Å²) in [7, 11) is 0. The maximum absolute atomic E-state index is 6.84. The van der Waals surface area contributed by atoms with Crippen LogP contribution in [0, 0.1) is 36.6 Å². The molecule has 2 aromatic heterocycles. The monoisotopic (exact) mass is 1100 g/mol. The van der Waals surface area contributed by atoms with Gasteiger partial charge in [-0.05, 0) is 153 Å². The number of anilines is 4. The van der Waals surface area contributed by atoms with Crippen molar-refractivity contribution >= 4 is 44.6 Å². The Bertz CT molecular complexity index is 3220. The second-order valence-electron chi connectivity index (χ2n) is 24.2. The molecular weight excluding hydrogens is 1040 g/mol. The molecule has 8 aromatic rings. The molecule has 0 atom stereocenters. The number of fused-ring (bicyclic) bond motifs is 4. The summed E-state index contributed by atoms with van der Waals surface area (Å²) in [4.78, 5) is 9.85. The molecule has 0 N–H and O–H groups in total. The number of benzene rings is 6. The summed E-state index contributed by atoms with van der Waals surface area (Å²) in [6.45, 7) is 23.1. The first kappa shape index (κ1) is 46.7. The molecule has 5 nitrogen and oxygen atoms in total. The van der Waals surface area contributed by atoms with E-state index in [0.717, 1.165) is 51.1 Å². The van der Waals surface area contributed by atoms with Crippen molar-refractivity contribution < 1.29 is 25.8 Å². The van der Waals surface area contributed by atoms with E-state index in [-0.39, 0.29) is 42.7 Å². The third-order valence-corrected chi connectivity index (χ3v) is 16.1. The predicted octanol–water partition coefficient (Wildman–Crippen LogP) is 17.0. The molecule has 360 valence electrons. The fourth-order valence-electron chi connectivity index (χ4n) is 12.9. The second kappa shape index (κ2) is 17.0. The molecule has 0 radical (unpaired) electrons. The first-order chi connectivity index (χ1) is 33.0. The smallest absolute Gasteiger partial charge is 0.135 e. The van der Waals surface area contributed by atoms with Crippen molar-refractivity contribution in [2.75, 3.05) is 9.80 Å². The van der Waals surface area contributed by atoms with Gasteiger partial charge < -0.3 is 19.1 Å². The summed E-state index contributed by atoms with van der Waals surface area (Å²) in [6, 6.07) is 54.1. The van der Waals surface area contributed by atoms with E-state index < -0.39 is 0 Å². The van der Waals surface area contributed by atoms with Crippen LogP contribution in [0.5, 0.6) is 11.5 Å². The molecule has 4 bridgehead atoms. The minimum absolute atomic E-state index is 0. The van der Waals surface area contributed by atoms with Gasteiger partial charge in [0.25, 0.3) is 0 Å². The molecule has 6 aromatic carbocycles. The van der Waals surface area contributed by atoms with Gasteiger partial charge in [-0.3, -0.25) is 0 Å². The Morgan fingerprint density at radius 1 is 0.586 bits per heavy atom. The van der Waals surface area contributed by atoms with Crippen LogP contribution >= 0.6 is 0 Å². The standard InChI is InChI=1S/C64H65N4O.Pt/c1-61(2,3)46-25-26-65-59(34-46)68-56-24-21-45(44-15-11-10-12-16-44)30-54(56)53-23-22-52(36-58(53)68)69-51-18-13-17-49(35-51)66-40-67(50-32-47(62(4,5)6)31-48(33-50)63(7,8)9)60-55(19-14-20-57(60)66)64-37-41-27-42(38-64)29-43(28-41)39-64;/h10-26,30-34,40-43H,27-29,37-39H2,1-9H3;/q-3;. The van der Waals surface area contributed by atoms with E-state index >= 15 is 0 Å². The molecule has 0 spiro atoms. The fraction of sp³-hybridized carbons (Fsp3) is 0.344. The minimum Gasteiger partial charge on any atom is -0.509 e. The van der Waals surface area contributed by atoms with Gasteiger partial charge in [0.05, 0.1) is 0 Å². The maximum Gasteiger partial charge on any atom is 0.135 e. The van der Waals surface area contributed by atoms with Crippen LogP contribution in [0.4, 0.5) is 22.7 Å².